The lowest BCUT2D eigenvalue weighted by molar-refractivity contribution is 0.0638. The third-order valence-electron chi connectivity index (χ3n) is 2.48. The molecule has 1 nitrogen and oxygen atoms in total. The molecule has 0 aliphatic rings. The van der Waals surface area contributed by atoms with Crippen molar-refractivity contribution in [2.45, 2.75) is 39.7 Å². The van der Waals surface area contributed by atoms with Crippen LogP contribution < -0.4 is 0 Å². The minimum absolute atomic E-state index is 0.0508. The van der Waals surface area contributed by atoms with E-state index in [1.165, 1.54) is 5.57 Å². The zero-order valence-corrected chi connectivity index (χ0v) is 9.80. The Hall–Kier alpha value is -0.820. The molecule has 0 bridgehead atoms. The van der Waals surface area contributed by atoms with Crippen LogP contribution in [-0.4, -0.2) is 10.7 Å². The molecule has 0 fully saturated rings. The number of allylic oxidation sites excluding steroid dienone is 2. The highest BCUT2D eigenvalue weighted by Crippen LogP contribution is 2.28. The van der Waals surface area contributed by atoms with Crippen LogP contribution in [0.5, 0.6) is 0 Å². The molecule has 2 atom stereocenters. The molecule has 0 aromatic heterocycles. The molecule has 0 radical (unpaired) electrons. The summed E-state index contributed by atoms with van der Waals surface area (Å²) in [6.45, 7) is 15.4. The first-order chi connectivity index (χ1) is 6.31. The first-order valence-corrected chi connectivity index (χ1v) is 4.96. The summed E-state index contributed by atoms with van der Waals surface area (Å²) in [6, 6.07) is 0. The van der Waals surface area contributed by atoms with Crippen LogP contribution in [0.4, 0.5) is 0 Å². The van der Waals surface area contributed by atoms with Gasteiger partial charge < -0.3 is 5.11 Å². The van der Waals surface area contributed by atoms with Gasteiger partial charge >= 0.3 is 0 Å². The topological polar surface area (TPSA) is 20.2 Å². The fourth-order valence-corrected chi connectivity index (χ4v) is 1.43. The van der Waals surface area contributed by atoms with E-state index in [0.717, 1.165) is 12.0 Å². The maximum absolute atomic E-state index is 10.1. The van der Waals surface area contributed by atoms with Crippen LogP contribution in [0.15, 0.2) is 36.5 Å². The summed E-state index contributed by atoms with van der Waals surface area (Å²) in [4.78, 5) is 0. The summed E-state index contributed by atoms with van der Waals surface area (Å²) in [5.74, 6) is 0.0508. The minimum atomic E-state index is -0.863. The first kappa shape index (κ1) is 13.2. The first-order valence-electron chi connectivity index (χ1n) is 4.96. The molecular formula is C13H22O. The Morgan fingerprint density at radius 2 is 1.93 bits per heavy atom. The molecule has 0 rings (SSSR count). The minimum Gasteiger partial charge on any atom is -0.385 e. The third-order valence-corrected chi connectivity index (χ3v) is 2.48. The van der Waals surface area contributed by atoms with Gasteiger partial charge in [0.1, 0.15) is 0 Å². The van der Waals surface area contributed by atoms with Gasteiger partial charge in [0.2, 0.25) is 0 Å². The normalized spacial score (nSPS) is 16.6. The van der Waals surface area contributed by atoms with E-state index in [1.807, 2.05) is 6.92 Å². The van der Waals surface area contributed by atoms with Gasteiger partial charge in [-0.25, -0.2) is 0 Å². The lowest BCUT2D eigenvalue weighted by Crippen LogP contribution is -2.32. The quantitative estimate of drug-likeness (QED) is 0.664. The van der Waals surface area contributed by atoms with Crippen molar-refractivity contribution in [3.63, 3.8) is 0 Å². The van der Waals surface area contributed by atoms with Gasteiger partial charge in [0.15, 0.2) is 0 Å². The second-order valence-corrected chi connectivity index (χ2v) is 4.35. The zero-order chi connectivity index (χ0) is 11.4. The van der Waals surface area contributed by atoms with Crippen molar-refractivity contribution < 1.29 is 5.11 Å². The van der Waals surface area contributed by atoms with Gasteiger partial charge in [-0.2, -0.15) is 0 Å². The van der Waals surface area contributed by atoms with E-state index in [-0.39, 0.29) is 5.92 Å². The highest BCUT2D eigenvalue weighted by Gasteiger charge is 2.28. The third kappa shape index (κ3) is 3.93. The van der Waals surface area contributed by atoms with E-state index < -0.39 is 5.60 Å². The van der Waals surface area contributed by atoms with Crippen molar-refractivity contribution in [3.05, 3.63) is 36.5 Å². The molecule has 0 aliphatic carbocycles. The van der Waals surface area contributed by atoms with Crippen LogP contribution in [-0.2, 0) is 0 Å². The van der Waals surface area contributed by atoms with Gasteiger partial charge in [0.25, 0.3) is 0 Å². The standard InChI is InChI=1S/C13H22O/c1-7-13(6,14)12(11(4)5)9-8-10(2)3/h7-8,12,14H,1,4,9H2,2-3,5-6H3. The molecule has 0 aromatic rings. The summed E-state index contributed by atoms with van der Waals surface area (Å²) in [5.41, 5.74) is 1.39. The van der Waals surface area contributed by atoms with Gasteiger partial charge in [-0.05, 0) is 34.1 Å². The highest BCUT2D eigenvalue weighted by atomic mass is 16.3. The monoisotopic (exact) mass is 194 g/mol. The van der Waals surface area contributed by atoms with Gasteiger partial charge in [0.05, 0.1) is 5.60 Å². The van der Waals surface area contributed by atoms with E-state index in [1.54, 1.807) is 13.0 Å². The average Bonchev–Trinajstić information content (AvgIpc) is 2.03. The van der Waals surface area contributed by atoms with Gasteiger partial charge in [-0.1, -0.05) is 29.9 Å². The number of rotatable bonds is 5. The highest BCUT2D eigenvalue weighted by molar-refractivity contribution is 5.13. The SMILES string of the molecule is C=CC(C)(O)C(CC=C(C)C)C(=C)C. The second-order valence-electron chi connectivity index (χ2n) is 4.35. The maximum atomic E-state index is 10.1. The van der Waals surface area contributed by atoms with E-state index in [0.29, 0.717) is 0 Å². The van der Waals surface area contributed by atoms with E-state index in [4.69, 9.17) is 0 Å². The van der Waals surface area contributed by atoms with Crippen molar-refractivity contribution in [1.29, 1.82) is 0 Å². The molecule has 1 N–H and O–H groups in total. The summed E-state index contributed by atoms with van der Waals surface area (Å²) < 4.78 is 0. The second kappa shape index (κ2) is 5.16. The van der Waals surface area contributed by atoms with Crippen LogP contribution in [0.25, 0.3) is 0 Å². The molecule has 0 heterocycles. The molecule has 0 aliphatic heterocycles. The van der Waals surface area contributed by atoms with Gasteiger partial charge in [0, 0.05) is 5.92 Å². The molecule has 1 heteroatoms. The fraction of sp³-hybridized carbons (Fsp3) is 0.538. The zero-order valence-electron chi connectivity index (χ0n) is 9.80. The summed E-state index contributed by atoms with van der Waals surface area (Å²) in [5, 5.41) is 10.1. The maximum Gasteiger partial charge on any atom is 0.0864 e. The van der Waals surface area contributed by atoms with Crippen molar-refractivity contribution in [3.8, 4) is 0 Å². The molecule has 80 valence electrons. The van der Waals surface area contributed by atoms with Crippen LogP contribution in [0.1, 0.15) is 34.1 Å². The molecule has 2 unspecified atom stereocenters. The number of hydrogen-bond acceptors (Lipinski definition) is 1. The molecular weight excluding hydrogens is 172 g/mol. The Labute approximate surface area is 87.8 Å². The van der Waals surface area contributed by atoms with Crippen LogP contribution in [0.2, 0.25) is 0 Å². The summed E-state index contributed by atoms with van der Waals surface area (Å²) >= 11 is 0. The predicted octanol–water partition coefficient (Wildman–Crippen LogP) is 3.47. The largest absolute Gasteiger partial charge is 0.385 e. The molecule has 14 heavy (non-hydrogen) atoms. The Morgan fingerprint density at radius 1 is 1.43 bits per heavy atom. The fourth-order valence-electron chi connectivity index (χ4n) is 1.43. The Morgan fingerprint density at radius 3 is 2.21 bits per heavy atom. The molecule has 0 amide bonds. The van der Waals surface area contributed by atoms with Crippen molar-refractivity contribution in [2.75, 3.05) is 0 Å². The van der Waals surface area contributed by atoms with Crippen LogP contribution in [0, 0.1) is 5.92 Å². The number of aliphatic hydroxyl groups is 1. The number of hydrogen-bond donors (Lipinski definition) is 1. The van der Waals surface area contributed by atoms with E-state index in [2.05, 4.69) is 33.1 Å². The smallest absolute Gasteiger partial charge is 0.0864 e. The van der Waals surface area contributed by atoms with Gasteiger partial charge in [-0.15, -0.1) is 6.58 Å². The Kier molecular flexibility index (Phi) is 4.86. The summed E-state index contributed by atoms with van der Waals surface area (Å²) in [6.07, 6.45) is 4.53. The Bertz CT molecular complexity index is 242. The predicted molar refractivity (Wildman–Crippen MR) is 63.2 cm³/mol. The molecule has 0 aromatic carbocycles. The molecule has 0 spiro atoms. The lowest BCUT2D eigenvalue weighted by Gasteiger charge is -2.29. The molecule has 0 saturated heterocycles. The van der Waals surface area contributed by atoms with Crippen molar-refractivity contribution >= 4 is 0 Å². The van der Waals surface area contributed by atoms with Gasteiger partial charge in [-0.3, -0.25) is 0 Å². The summed E-state index contributed by atoms with van der Waals surface area (Å²) in [7, 11) is 0. The van der Waals surface area contributed by atoms with E-state index >= 15 is 0 Å². The van der Waals surface area contributed by atoms with Crippen LogP contribution in [0.3, 0.4) is 0 Å². The Balaban J connectivity index is 4.70. The van der Waals surface area contributed by atoms with Crippen molar-refractivity contribution in [2.24, 2.45) is 5.92 Å². The molecule has 0 saturated carbocycles. The van der Waals surface area contributed by atoms with Crippen molar-refractivity contribution in [1.82, 2.24) is 0 Å². The lowest BCUT2D eigenvalue weighted by atomic mass is 9.81. The van der Waals surface area contributed by atoms with E-state index in [9.17, 15) is 5.11 Å². The average molecular weight is 194 g/mol. The van der Waals surface area contributed by atoms with Crippen LogP contribution >= 0.6 is 0 Å².